The molecule has 0 aliphatic rings. The van der Waals surface area contributed by atoms with E-state index in [0.29, 0.717) is 6.54 Å². The van der Waals surface area contributed by atoms with Crippen LogP contribution in [0.15, 0.2) is 43.1 Å². The predicted octanol–water partition coefficient (Wildman–Crippen LogP) is 2.22. The monoisotopic (exact) mass is 189 g/mol. The third-order valence-electron chi connectivity index (χ3n) is 2.11. The van der Waals surface area contributed by atoms with Crippen LogP contribution in [0.4, 0.5) is 0 Å². The standard InChI is InChI=1S/C12H15NO/c1-3-13(11(2)14)10-9-12-7-5-4-6-8-12/h3-8H,1,9-10H2,2H3. The van der Waals surface area contributed by atoms with Crippen molar-refractivity contribution < 1.29 is 4.79 Å². The molecule has 0 unspecified atom stereocenters. The van der Waals surface area contributed by atoms with Gasteiger partial charge in [-0.15, -0.1) is 0 Å². The topological polar surface area (TPSA) is 20.3 Å². The van der Waals surface area contributed by atoms with Crippen LogP contribution < -0.4 is 0 Å². The van der Waals surface area contributed by atoms with Gasteiger partial charge in [0, 0.05) is 13.5 Å². The van der Waals surface area contributed by atoms with Gasteiger partial charge in [0.15, 0.2) is 0 Å². The fraction of sp³-hybridized carbons (Fsp3) is 0.250. The average Bonchev–Trinajstić information content (AvgIpc) is 2.20. The number of hydrogen-bond donors (Lipinski definition) is 0. The van der Waals surface area contributed by atoms with E-state index in [0.717, 1.165) is 6.42 Å². The fourth-order valence-corrected chi connectivity index (χ4v) is 1.27. The maximum atomic E-state index is 11.1. The van der Waals surface area contributed by atoms with E-state index in [9.17, 15) is 4.79 Å². The van der Waals surface area contributed by atoms with E-state index in [-0.39, 0.29) is 5.91 Å². The molecule has 2 nitrogen and oxygen atoms in total. The van der Waals surface area contributed by atoms with E-state index in [1.807, 2.05) is 18.2 Å². The van der Waals surface area contributed by atoms with Crippen molar-refractivity contribution in [1.29, 1.82) is 0 Å². The molecule has 0 bridgehead atoms. The van der Waals surface area contributed by atoms with Crippen LogP contribution >= 0.6 is 0 Å². The molecule has 0 radical (unpaired) electrons. The summed E-state index contributed by atoms with van der Waals surface area (Å²) in [6, 6.07) is 10.1. The van der Waals surface area contributed by atoms with Crippen LogP contribution in [0, 0.1) is 0 Å². The molecule has 1 rings (SSSR count). The normalized spacial score (nSPS) is 9.50. The number of benzene rings is 1. The second kappa shape index (κ2) is 5.22. The van der Waals surface area contributed by atoms with E-state index in [1.54, 1.807) is 18.0 Å². The molecule has 0 N–H and O–H groups in total. The van der Waals surface area contributed by atoms with E-state index in [1.165, 1.54) is 5.56 Å². The van der Waals surface area contributed by atoms with Crippen molar-refractivity contribution in [3.63, 3.8) is 0 Å². The summed E-state index contributed by atoms with van der Waals surface area (Å²) in [6.45, 7) is 5.85. The van der Waals surface area contributed by atoms with Gasteiger partial charge in [-0.05, 0) is 18.2 Å². The lowest BCUT2D eigenvalue weighted by Crippen LogP contribution is -2.24. The Morgan fingerprint density at radius 3 is 2.57 bits per heavy atom. The SMILES string of the molecule is C=CN(CCc1ccccc1)C(C)=O. The lowest BCUT2D eigenvalue weighted by atomic mass is 10.1. The van der Waals surface area contributed by atoms with E-state index in [2.05, 4.69) is 18.7 Å². The molecule has 2 heteroatoms. The van der Waals surface area contributed by atoms with Gasteiger partial charge < -0.3 is 4.90 Å². The molecule has 1 amide bonds. The summed E-state index contributed by atoms with van der Waals surface area (Å²) in [5, 5.41) is 0. The maximum absolute atomic E-state index is 11.1. The second-order valence-corrected chi connectivity index (χ2v) is 3.13. The Morgan fingerprint density at radius 1 is 1.43 bits per heavy atom. The molecule has 0 aliphatic heterocycles. The number of hydrogen-bond acceptors (Lipinski definition) is 1. The molecule has 1 aromatic rings. The van der Waals surface area contributed by atoms with Crippen molar-refractivity contribution in [3.8, 4) is 0 Å². The van der Waals surface area contributed by atoms with Crippen molar-refractivity contribution in [3.05, 3.63) is 48.7 Å². The van der Waals surface area contributed by atoms with Gasteiger partial charge in [0.2, 0.25) is 5.91 Å². The van der Waals surface area contributed by atoms with Gasteiger partial charge in [-0.3, -0.25) is 4.79 Å². The summed E-state index contributed by atoms with van der Waals surface area (Å²) in [6.07, 6.45) is 2.44. The Balaban J connectivity index is 2.47. The van der Waals surface area contributed by atoms with E-state index < -0.39 is 0 Å². The second-order valence-electron chi connectivity index (χ2n) is 3.13. The fourth-order valence-electron chi connectivity index (χ4n) is 1.27. The maximum Gasteiger partial charge on any atom is 0.223 e. The molecule has 74 valence electrons. The molecule has 0 saturated heterocycles. The molecule has 0 heterocycles. The largest absolute Gasteiger partial charge is 0.320 e. The van der Waals surface area contributed by atoms with Crippen molar-refractivity contribution in [2.45, 2.75) is 13.3 Å². The third-order valence-corrected chi connectivity index (χ3v) is 2.11. The molecule has 1 aromatic carbocycles. The van der Waals surface area contributed by atoms with Gasteiger partial charge in [-0.25, -0.2) is 0 Å². The van der Waals surface area contributed by atoms with Crippen LogP contribution in [0.1, 0.15) is 12.5 Å². The first kappa shape index (κ1) is 10.5. The van der Waals surface area contributed by atoms with Crippen molar-refractivity contribution in [1.82, 2.24) is 4.90 Å². The zero-order chi connectivity index (χ0) is 10.4. The van der Waals surface area contributed by atoms with Gasteiger partial charge in [-0.1, -0.05) is 36.9 Å². The minimum Gasteiger partial charge on any atom is -0.320 e. The van der Waals surface area contributed by atoms with Crippen LogP contribution in [-0.2, 0) is 11.2 Å². The Bertz CT molecular complexity index is 305. The van der Waals surface area contributed by atoms with Crippen LogP contribution in [-0.4, -0.2) is 17.4 Å². The molecule has 0 atom stereocenters. The molecule has 0 spiro atoms. The molecular weight excluding hydrogens is 174 g/mol. The highest BCUT2D eigenvalue weighted by atomic mass is 16.2. The summed E-state index contributed by atoms with van der Waals surface area (Å²) in [4.78, 5) is 12.7. The summed E-state index contributed by atoms with van der Waals surface area (Å²) in [5.41, 5.74) is 1.24. The summed E-state index contributed by atoms with van der Waals surface area (Å²) in [7, 11) is 0. The first-order valence-electron chi connectivity index (χ1n) is 4.67. The van der Waals surface area contributed by atoms with Gasteiger partial charge in [0.1, 0.15) is 0 Å². The predicted molar refractivity (Wildman–Crippen MR) is 57.7 cm³/mol. The molecular formula is C12H15NO. The average molecular weight is 189 g/mol. The number of amides is 1. The smallest absolute Gasteiger partial charge is 0.223 e. The van der Waals surface area contributed by atoms with Crippen LogP contribution in [0.3, 0.4) is 0 Å². The Kier molecular flexibility index (Phi) is 3.92. The van der Waals surface area contributed by atoms with Crippen LogP contribution in [0.5, 0.6) is 0 Å². The molecule has 0 aromatic heterocycles. The number of carbonyl (C=O) groups excluding carboxylic acids is 1. The number of nitrogens with zero attached hydrogens (tertiary/aromatic N) is 1. The van der Waals surface area contributed by atoms with Gasteiger partial charge in [0.05, 0.1) is 0 Å². The van der Waals surface area contributed by atoms with Crippen molar-refractivity contribution in [2.75, 3.05) is 6.54 Å². The summed E-state index contributed by atoms with van der Waals surface area (Å²) >= 11 is 0. The van der Waals surface area contributed by atoms with E-state index in [4.69, 9.17) is 0 Å². The number of carbonyl (C=O) groups is 1. The van der Waals surface area contributed by atoms with Gasteiger partial charge >= 0.3 is 0 Å². The molecule has 0 saturated carbocycles. The quantitative estimate of drug-likeness (QED) is 0.711. The zero-order valence-corrected chi connectivity index (χ0v) is 8.44. The minimum atomic E-state index is 0.0379. The van der Waals surface area contributed by atoms with Crippen molar-refractivity contribution >= 4 is 5.91 Å². The highest BCUT2D eigenvalue weighted by Crippen LogP contribution is 2.01. The van der Waals surface area contributed by atoms with Crippen molar-refractivity contribution in [2.24, 2.45) is 0 Å². The van der Waals surface area contributed by atoms with Gasteiger partial charge in [-0.2, -0.15) is 0 Å². The lowest BCUT2D eigenvalue weighted by Gasteiger charge is -2.15. The molecule has 0 aliphatic carbocycles. The lowest BCUT2D eigenvalue weighted by molar-refractivity contribution is -0.126. The Hall–Kier alpha value is -1.57. The van der Waals surface area contributed by atoms with Gasteiger partial charge in [0.25, 0.3) is 0 Å². The molecule has 0 fully saturated rings. The van der Waals surface area contributed by atoms with E-state index >= 15 is 0 Å². The highest BCUT2D eigenvalue weighted by Gasteiger charge is 2.03. The zero-order valence-electron chi connectivity index (χ0n) is 8.44. The highest BCUT2D eigenvalue weighted by molar-refractivity contribution is 5.74. The number of rotatable bonds is 4. The summed E-state index contributed by atoms with van der Waals surface area (Å²) in [5.74, 6) is 0.0379. The van der Waals surface area contributed by atoms with Crippen LogP contribution in [0.25, 0.3) is 0 Å². The third kappa shape index (κ3) is 3.05. The first-order valence-corrected chi connectivity index (χ1v) is 4.67. The van der Waals surface area contributed by atoms with Crippen LogP contribution in [0.2, 0.25) is 0 Å². The Morgan fingerprint density at radius 2 is 2.07 bits per heavy atom. The first-order chi connectivity index (χ1) is 6.74. The molecule has 14 heavy (non-hydrogen) atoms. The Labute approximate surface area is 84.9 Å². The minimum absolute atomic E-state index is 0.0379. The summed E-state index contributed by atoms with van der Waals surface area (Å²) < 4.78 is 0.